The molecule has 1 heterocycles. The second kappa shape index (κ2) is 7.59. The first kappa shape index (κ1) is 19.0. The molecule has 1 aliphatic heterocycles. The first-order valence-corrected chi connectivity index (χ1v) is 10.3. The first-order chi connectivity index (χ1) is 13.5. The molecule has 2 aliphatic rings. The van der Waals surface area contributed by atoms with Crippen molar-refractivity contribution < 1.29 is 14.6 Å². The Morgan fingerprint density at radius 1 is 0.964 bits per heavy atom. The molecule has 1 aliphatic carbocycles. The average Bonchev–Trinajstić information content (AvgIpc) is 3.06. The van der Waals surface area contributed by atoms with Crippen molar-refractivity contribution in [1.29, 1.82) is 0 Å². The number of aryl methyl sites for hydroxylation is 1. The number of ether oxygens (including phenoxy) is 1. The van der Waals surface area contributed by atoms with Gasteiger partial charge in [0.25, 0.3) is 0 Å². The molecule has 0 radical (unpaired) electrons. The zero-order valence-electron chi connectivity index (χ0n) is 16.6. The van der Waals surface area contributed by atoms with E-state index in [9.17, 15) is 9.90 Å². The Bertz CT molecular complexity index is 808. The number of carbonyl (C=O) groups is 1. The van der Waals surface area contributed by atoms with Crippen LogP contribution >= 0.6 is 0 Å². The highest BCUT2D eigenvalue weighted by atomic mass is 16.5. The Balaban J connectivity index is 1.38. The lowest BCUT2D eigenvalue weighted by molar-refractivity contribution is -0.132. The van der Waals surface area contributed by atoms with Gasteiger partial charge in [-0.3, -0.25) is 4.79 Å². The molecule has 28 heavy (non-hydrogen) atoms. The number of nitrogens with zero attached hydrogens (tertiary/aromatic N) is 1. The molecule has 0 aromatic heterocycles. The standard InChI is InChI=1S/C24H29NO3/c1-2-19-8-10-20(11-9-19)25-17-16-23(22(25)26)12-14-24(27,15-13-23)18-28-21-6-4-3-5-7-21/h3-11,27H,2,12-18H2,1H3/t23-,24+. The SMILES string of the molecule is CCc1ccc(N2CC[C@]3(CC[C@@](O)(COc4ccccc4)CC3)C2=O)cc1. The van der Waals surface area contributed by atoms with Crippen molar-refractivity contribution in [2.24, 2.45) is 5.41 Å². The van der Waals surface area contributed by atoms with Gasteiger partial charge in [0.1, 0.15) is 12.4 Å². The van der Waals surface area contributed by atoms with Crippen LogP contribution in [0.5, 0.6) is 5.75 Å². The molecule has 1 saturated heterocycles. The van der Waals surface area contributed by atoms with Gasteiger partial charge < -0.3 is 14.7 Å². The van der Waals surface area contributed by atoms with Crippen molar-refractivity contribution in [3.8, 4) is 5.75 Å². The van der Waals surface area contributed by atoms with E-state index in [-0.39, 0.29) is 17.9 Å². The third-order valence-electron chi connectivity index (χ3n) is 6.56. The minimum Gasteiger partial charge on any atom is -0.491 e. The second-order valence-corrected chi connectivity index (χ2v) is 8.33. The number of aliphatic hydroxyl groups is 1. The van der Waals surface area contributed by atoms with Crippen LogP contribution in [0.3, 0.4) is 0 Å². The summed E-state index contributed by atoms with van der Waals surface area (Å²) in [6.07, 6.45) is 4.54. The Labute approximate surface area is 167 Å². The maximum absolute atomic E-state index is 13.2. The van der Waals surface area contributed by atoms with E-state index < -0.39 is 5.60 Å². The summed E-state index contributed by atoms with van der Waals surface area (Å²) in [7, 11) is 0. The summed E-state index contributed by atoms with van der Waals surface area (Å²) < 4.78 is 5.79. The maximum atomic E-state index is 13.2. The Kier molecular flexibility index (Phi) is 5.15. The number of rotatable bonds is 5. The van der Waals surface area contributed by atoms with Crippen LogP contribution in [0.25, 0.3) is 0 Å². The fraction of sp³-hybridized carbons (Fsp3) is 0.458. The van der Waals surface area contributed by atoms with Gasteiger partial charge in [-0.05, 0) is 68.4 Å². The molecule has 0 bridgehead atoms. The summed E-state index contributed by atoms with van der Waals surface area (Å²) in [5, 5.41) is 11.0. The molecule has 0 atom stereocenters. The summed E-state index contributed by atoms with van der Waals surface area (Å²) in [5.74, 6) is 0.998. The number of carbonyl (C=O) groups excluding carboxylic acids is 1. The van der Waals surface area contributed by atoms with E-state index in [0.29, 0.717) is 12.8 Å². The van der Waals surface area contributed by atoms with E-state index in [0.717, 1.165) is 43.7 Å². The van der Waals surface area contributed by atoms with Gasteiger partial charge in [0, 0.05) is 12.2 Å². The van der Waals surface area contributed by atoms with Crippen LogP contribution < -0.4 is 9.64 Å². The molecular formula is C24H29NO3. The van der Waals surface area contributed by atoms with Crippen molar-refractivity contribution in [2.45, 2.75) is 51.0 Å². The topological polar surface area (TPSA) is 49.8 Å². The lowest BCUT2D eigenvalue weighted by Gasteiger charge is -2.40. The highest BCUT2D eigenvalue weighted by molar-refractivity contribution is 6.00. The van der Waals surface area contributed by atoms with Crippen LogP contribution in [0.4, 0.5) is 5.69 Å². The molecule has 4 nitrogen and oxygen atoms in total. The zero-order chi connectivity index (χ0) is 19.6. The summed E-state index contributed by atoms with van der Waals surface area (Å²) in [5.41, 5.74) is 1.11. The zero-order valence-corrected chi connectivity index (χ0v) is 16.6. The van der Waals surface area contributed by atoms with Crippen LogP contribution in [0.15, 0.2) is 54.6 Å². The van der Waals surface area contributed by atoms with Gasteiger partial charge in [0.05, 0.1) is 11.0 Å². The molecule has 148 valence electrons. The summed E-state index contributed by atoms with van der Waals surface area (Å²) in [4.78, 5) is 15.2. The molecule has 1 N–H and O–H groups in total. The Morgan fingerprint density at radius 2 is 1.64 bits per heavy atom. The third-order valence-corrected chi connectivity index (χ3v) is 6.56. The van der Waals surface area contributed by atoms with Crippen LogP contribution in [0.2, 0.25) is 0 Å². The third kappa shape index (κ3) is 3.66. The molecule has 2 aromatic rings. The van der Waals surface area contributed by atoms with E-state index in [1.165, 1.54) is 5.56 Å². The minimum atomic E-state index is -0.850. The number of hydrogen-bond donors (Lipinski definition) is 1. The van der Waals surface area contributed by atoms with Crippen molar-refractivity contribution in [3.05, 3.63) is 60.2 Å². The first-order valence-electron chi connectivity index (χ1n) is 10.3. The summed E-state index contributed by atoms with van der Waals surface area (Å²) in [6.45, 7) is 3.18. The van der Waals surface area contributed by atoms with Crippen molar-refractivity contribution in [1.82, 2.24) is 0 Å². The summed E-state index contributed by atoms with van der Waals surface area (Å²) >= 11 is 0. The molecular weight excluding hydrogens is 350 g/mol. The predicted molar refractivity (Wildman–Crippen MR) is 111 cm³/mol. The van der Waals surface area contributed by atoms with Gasteiger partial charge in [0.2, 0.25) is 5.91 Å². The Hall–Kier alpha value is -2.33. The minimum absolute atomic E-state index is 0.225. The van der Waals surface area contributed by atoms with Crippen LogP contribution in [-0.4, -0.2) is 29.8 Å². The smallest absolute Gasteiger partial charge is 0.233 e. The molecule has 1 spiro atoms. The predicted octanol–water partition coefficient (Wildman–Crippen LogP) is 4.36. The van der Waals surface area contributed by atoms with Crippen LogP contribution in [-0.2, 0) is 11.2 Å². The largest absolute Gasteiger partial charge is 0.491 e. The van der Waals surface area contributed by atoms with Gasteiger partial charge >= 0.3 is 0 Å². The van der Waals surface area contributed by atoms with Crippen molar-refractivity contribution in [3.63, 3.8) is 0 Å². The summed E-state index contributed by atoms with van der Waals surface area (Å²) in [6, 6.07) is 17.9. The highest BCUT2D eigenvalue weighted by Crippen LogP contribution is 2.48. The van der Waals surface area contributed by atoms with Gasteiger partial charge in [-0.15, -0.1) is 0 Å². The number of benzene rings is 2. The molecule has 1 saturated carbocycles. The number of anilines is 1. The quantitative estimate of drug-likeness (QED) is 0.840. The van der Waals surface area contributed by atoms with Gasteiger partial charge in [-0.2, -0.15) is 0 Å². The monoisotopic (exact) mass is 379 g/mol. The lowest BCUT2D eigenvalue weighted by Crippen LogP contribution is -2.46. The maximum Gasteiger partial charge on any atom is 0.233 e. The van der Waals surface area contributed by atoms with Gasteiger partial charge in [0.15, 0.2) is 0 Å². The molecule has 2 fully saturated rings. The van der Waals surface area contributed by atoms with E-state index in [2.05, 4.69) is 31.2 Å². The van der Waals surface area contributed by atoms with E-state index in [1.807, 2.05) is 35.2 Å². The fourth-order valence-electron chi connectivity index (χ4n) is 4.52. The second-order valence-electron chi connectivity index (χ2n) is 8.33. The Morgan fingerprint density at radius 3 is 2.29 bits per heavy atom. The molecule has 2 aromatic carbocycles. The van der Waals surface area contributed by atoms with Crippen LogP contribution in [0.1, 0.15) is 44.6 Å². The molecule has 0 unspecified atom stereocenters. The number of hydrogen-bond acceptors (Lipinski definition) is 3. The van der Waals surface area contributed by atoms with Crippen molar-refractivity contribution >= 4 is 11.6 Å². The normalized spacial score (nSPS) is 27.4. The molecule has 4 heteroatoms. The highest BCUT2D eigenvalue weighted by Gasteiger charge is 2.51. The lowest BCUT2D eigenvalue weighted by atomic mass is 9.68. The number of amides is 1. The average molecular weight is 380 g/mol. The molecule has 4 rings (SSSR count). The van der Waals surface area contributed by atoms with Gasteiger partial charge in [-0.1, -0.05) is 37.3 Å². The van der Waals surface area contributed by atoms with E-state index >= 15 is 0 Å². The van der Waals surface area contributed by atoms with Crippen molar-refractivity contribution in [2.75, 3.05) is 18.1 Å². The number of para-hydroxylation sites is 1. The molecule has 1 amide bonds. The van der Waals surface area contributed by atoms with E-state index in [4.69, 9.17) is 4.74 Å². The van der Waals surface area contributed by atoms with E-state index in [1.54, 1.807) is 0 Å². The fourth-order valence-corrected chi connectivity index (χ4v) is 4.52. The van der Waals surface area contributed by atoms with Gasteiger partial charge in [-0.25, -0.2) is 0 Å². The van der Waals surface area contributed by atoms with Crippen LogP contribution in [0, 0.1) is 5.41 Å².